The summed E-state index contributed by atoms with van der Waals surface area (Å²) in [4.78, 5) is 43.8. The highest BCUT2D eigenvalue weighted by Crippen LogP contribution is 2.54. The number of rotatable bonds is 4. The number of nitrogens with zero attached hydrogens (tertiary/aromatic N) is 2. The van der Waals surface area contributed by atoms with Gasteiger partial charge < -0.3 is 4.90 Å². The molecule has 164 valence electrons. The average molecular weight is 441 g/mol. The Morgan fingerprint density at radius 1 is 1.00 bits per heavy atom. The van der Waals surface area contributed by atoms with Gasteiger partial charge in [0, 0.05) is 17.1 Å². The van der Waals surface area contributed by atoms with Crippen LogP contribution < -0.4 is 0 Å². The Morgan fingerprint density at radius 3 is 2.10 bits per heavy atom. The summed E-state index contributed by atoms with van der Waals surface area (Å²) >= 11 is 6.09. The monoisotopic (exact) mass is 440 g/mol. The third-order valence-electron chi connectivity index (χ3n) is 7.92. The Labute approximate surface area is 188 Å². The molecule has 2 heterocycles. The fourth-order valence-corrected chi connectivity index (χ4v) is 6.59. The quantitative estimate of drug-likeness (QED) is 0.516. The molecule has 31 heavy (non-hydrogen) atoms. The van der Waals surface area contributed by atoms with E-state index in [0.717, 1.165) is 31.2 Å². The number of hydrogen-bond donors (Lipinski definition) is 0. The van der Waals surface area contributed by atoms with Gasteiger partial charge in [-0.1, -0.05) is 35.9 Å². The molecule has 2 aliphatic heterocycles. The molecule has 1 aromatic carbocycles. The second-order valence-electron chi connectivity index (χ2n) is 9.75. The highest BCUT2D eigenvalue weighted by Gasteiger charge is 2.60. The SMILES string of the molecule is CC1CCCC(C)N1C(=O)CC(c1ccc(Cl)cc1)N1C(=O)C2C3C=CC(C3)C2C1=O. The second-order valence-corrected chi connectivity index (χ2v) is 10.2. The number of hydrogen-bond acceptors (Lipinski definition) is 3. The molecular formula is C25H29ClN2O3. The van der Waals surface area contributed by atoms with E-state index in [9.17, 15) is 14.4 Å². The van der Waals surface area contributed by atoms with Crippen LogP contribution in [0.1, 0.15) is 57.6 Å². The molecule has 3 fully saturated rings. The Hall–Kier alpha value is -2.14. The summed E-state index contributed by atoms with van der Waals surface area (Å²) in [6.45, 7) is 4.18. The zero-order valence-corrected chi connectivity index (χ0v) is 18.8. The van der Waals surface area contributed by atoms with E-state index in [-0.39, 0.29) is 59.9 Å². The Kier molecular flexibility index (Phi) is 5.20. The van der Waals surface area contributed by atoms with Crippen LogP contribution in [0.25, 0.3) is 0 Å². The topological polar surface area (TPSA) is 57.7 Å². The lowest BCUT2D eigenvalue weighted by Crippen LogP contribution is -2.49. The molecule has 0 radical (unpaired) electrons. The van der Waals surface area contributed by atoms with Crippen molar-refractivity contribution in [1.82, 2.24) is 9.80 Å². The Morgan fingerprint density at radius 2 is 1.55 bits per heavy atom. The maximum absolute atomic E-state index is 13.5. The maximum atomic E-state index is 13.5. The summed E-state index contributed by atoms with van der Waals surface area (Å²) in [5, 5.41) is 0.588. The van der Waals surface area contributed by atoms with E-state index in [4.69, 9.17) is 11.6 Å². The number of imide groups is 1. The number of carbonyl (C=O) groups excluding carboxylic acids is 3. The summed E-state index contributed by atoms with van der Waals surface area (Å²) in [5.41, 5.74) is 0.789. The van der Waals surface area contributed by atoms with Crippen LogP contribution in [0.4, 0.5) is 0 Å². The summed E-state index contributed by atoms with van der Waals surface area (Å²) in [6.07, 6.45) is 8.31. The van der Waals surface area contributed by atoms with Gasteiger partial charge in [-0.05, 0) is 69.1 Å². The molecule has 7 atom stereocenters. The van der Waals surface area contributed by atoms with Crippen LogP contribution in [0.5, 0.6) is 0 Å². The van der Waals surface area contributed by atoms with E-state index in [1.807, 2.05) is 17.0 Å². The van der Waals surface area contributed by atoms with Crippen LogP contribution in [-0.4, -0.2) is 39.6 Å². The van der Waals surface area contributed by atoms with Crippen molar-refractivity contribution in [2.45, 2.75) is 64.1 Å². The molecule has 2 aliphatic carbocycles. The van der Waals surface area contributed by atoms with Crippen molar-refractivity contribution in [1.29, 1.82) is 0 Å². The summed E-state index contributed by atoms with van der Waals surface area (Å²) in [5.74, 6) is -0.433. The number of amides is 3. The number of allylic oxidation sites excluding steroid dienone is 2. The van der Waals surface area contributed by atoms with Crippen molar-refractivity contribution >= 4 is 29.3 Å². The zero-order valence-electron chi connectivity index (χ0n) is 18.0. The molecule has 2 bridgehead atoms. The summed E-state index contributed by atoms with van der Waals surface area (Å²) in [7, 11) is 0. The third-order valence-corrected chi connectivity index (χ3v) is 8.17. The molecule has 6 heteroatoms. The predicted octanol–water partition coefficient (Wildman–Crippen LogP) is 4.37. The summed E-state index contributed by atoms with van der Waals surface area (Å²) in [6, 6.07) is 6.96. The van der Waals surface area contributed by atoms with Gasteiger partial charge in [0.1, 0.15) is 0 Å². The Balaban J connectivity index is 1.47. The van der Waals surface area contributed by atoms with Gasteiger partial charge in [0.2, 0.25) is 17.7 Å². The van der Waals surface area contributed by atoms with Crippen LogP contribution in [0.3, 0.4) is 0 Å². The molecule has 0 N–H and O–H groups in total. The molecular weight excluding hydrogens is 412 g/mol. The van der Waals surface area contributed by atoms with E-state index in [1.54, 1.807) is 12.1 Å². The van der Waals surface area contributed by atoms with Gasteiger partial charge in [-0.15, -0.1) is 0 Å². The first-order chi connectivity index (χ1) is 14.9. The normalized spacial score (nSPS) is 35.1. The maximum Gasteiger partial charge on any atom is 0.234 e. The van der Waals surface area contributed by atoms with Crippen LogP contribution >= 0.6 is 11.6 Å². The largest absolute Gasteiger partial charge is 0.337 e. The van der Waals surface area contributed by atoms with Crippen LogP contribution in [0.2, 0.25) is 5.02 Å². The van der Waals surface area contributed by atoms with E-state index in [2.05, 4.69) is 26.0 Å². The van der Waals surface area contributed by atoms with Gasteiger partial charge in [-0.2, -0.15) is 0 Å². The third kappa shape index (κ3) is 3.32. The Bertz CT molecular complexity index is 903. The highest BCUT2D eigenvalue weighted by molar-refractivity contribution is 6.30. The number of likely N-dealkylation sites (tertiary alicyclic amines) is 2. The summed E-state index contributed by atoms with van der Waals surface area (Å²) < 4.78 is 0. The van der Waals surface area contributed by atoms with Crippen molar-refractivity contribution in [3.63, 3.8) is 0 Å². The number of benzene rings is 1. The van der Waals surface area contributed by atoms with E-state index in [1.165, 1.54) is 4.90 Å². The molecule has 4 aliphatic rings. The minimum absolute atomic E-state index is 0.0124. The van der Waals surface area contributed by atoms with Crippen molar-refractivity contribution in [3.05, 3.63) is 47.0 Å². The van der Waals surface area contributed by atoms with Crippen molar-refractivity contribution < 1.29 is 14.4 Å². The molecule has 5 rings (SSSR count). The van der Waals surface area contributed by atoms with E-state index >= 15 is 0 Å². The van der Waals surface area contributed by atoms with Crippen LogP contribution in [-0.2, 0) is 14.4 Å². The lowest BCUT2D eigenvalue weighted by atomic mass is 9.85. The minimum Gasteiger partial charge on any atom is -0.337 e. The van der Waals surface area contributed by atoms with E-state index < -0.39 is 6.04 Å². The fraction of sp³-hybridized carbons (Fsp3) is 0.560. The van der Waals surface area contributed by atoms with Gasteiger partial charge in [0.05, 0.1) is 24.3 Å². The molecule has 0 spiro atoms. The van der Waals surface area contributed by atoms with Crippen molar-refractivity contribution in [2.24, 2.45) is 23.7 Å². The molecule has 0 aromatic heterocycles. The molecule has 3 amide bonds. The number of carbonyl (C=O) groups is 3. The minimum atomic E-state index is -0.587. The fourth-order valence-electron chi connectivity index (χ4n) is 6.46. The van der Waals surface area contributed by atoms with Crippen LogP contribution in [0, 0.1) is 23.7 Å². The first-order valence-electron chi connectivity index (χ1n) is 11.5. The molecule has 2 saturated heterocycles. The van der Waals surface area contributed by atoms with E-state index in [0.29, 0.717) is 5.02 Å². The van der Waals surface area contributed by atoms with Crippen molar-refractivity contribution in [2.75, 3.05) is 0 Å². The number of piperidine rings is 1. The van der Waals surface area contributed by atoms with Gasteiger partial charge in [0.25, 0.3) is 0 Å². The highest BCUT2D eigenvalue weighted by atomic mass is 35.5. The van der Waals surface area contributed by atoms with Crippen LogP contribution in [0.15, 0.2) is 36.4 Å². The van der Waals surface area contributed by atoms with Gasteiger partial charge in [-0.3, -0.25) is 19.3 Å². The van der Waals surface area contributed by atoms with Crippen molar-refractivity contribution in [3.8, 4) is 0 Å². The first kappa shape index (κ1) is 20.7. The lowest BCUT2D eigenvalue weighted by molar-refractivity contribution is -0.146. The van der Waals surface area contributed by atoms with Gasteiger partial charge >= 0.3 is 0 Å². The molecule has 1 saturated carbocycles. The average Bonchev–Trinajstić information content (AvgIpc) is 3.41. The zero-order chi connectivity index (χ0) is 21.9. The lowest BCUT2D eigenvalue weighted by Gasteiger charge is -2.40. The molecule has 5 nitrogen and oxygen atoms in total. The predicted molar refractivity (Wildman–Crippen MR) is 118 cm³/mol. The molecule has 7 unspecified atom stereocenters. The second kappa shape index (κ2) is 7.77. The standard InChI is InChI=1S/C25H29ClN2O3/c1-14-4-3-5-15(2)27(14)21(29)13-20(16-8-10-19(26)11-9-16)28-24(30)22-17-6-7-18(12-17)23(22)25(28)31/h6-11,14-15,17-18,20,22-23H,3-5,12-13H2,1-2H3. The van der Waals surface area contributed by atoms with Gasteiger partial charge in [-0.25, -0.2) is 0 Å². The molecule has 1 aromatic rings. The van der Waals surface area contributed by atoms with Gasteiger partial charge in [0.15, 0.2) is 0 Å². The number of fused-ring (bicyclic) bond motifs is 5. The first-order valence-corrected chi connectivity index (χ1v) is 11.9. The number of halogens is 1. The smallest absolute Gasteiger partial charge is 0.234 e.